The van der Waals surface area contributed by atoms with E-state index in [2.05, 4.69) is 4.98 Å². The van der Waals surface area contributed by atoms with Crippen LogP contribution in [-0.4, -0.2) is 22.5 Å². The third-order valence-corrected chi connectivity index (χ3v) is 5.73. The van der Waals surface area contributed by atoms with Crippen molar-refractivity contribution in [3.05, 3.63) is 81.6 Å². The van der Waals surface area contributed by atoms with Gasteiger partial charge in [-0.3, -0.25) is 4.79 Å². The Morgan fingerprint density at radius 1 is 1.24 bits per heavy atom. The van der Waals surface area contributed by atoms with Gasteiger partial charge >= 0.3 is 5.97 Å². The molecular weight excluding hydrogens is 391 g/mol. The van der Waals surface area contributed by atoms with Gasteiger partial charge in [0.2, 0.25) is 0 Å². The van der Waals surface area contributed by atoms with E-state index in [0.717, 1.165) is 16.3 Å². The van der Waals surface area contributed by atoms with Crippen LogP contribution in [-0.2, 0) is 22.5 Å². The second-order valence-corrected chi connectivity index (χ2v) is 8.24. The Kier molecular flexibility index (Phi) is 4.92. The summed E-state index contributed by atoms with van der Waals surface area (Å²) < 4.78 is 19.1. The first-order valence-corrected chi connectivity index (χ1v) is 10.0. The maximum atomic E-state index is 13.6. The highest BCUT2D eigenvalue weighted by Crippen LogP contribution is 2.32. The summed E-state index contributed by atoms with van der Waals surface area (Å²) in [7, 11) is 0. The Bertz CT molecular complexity index is 1080. The number of carbonyl (C=O) groups is 2. The van der Waals surface area contributed by atoms with E-state index in [0.29, 0.717) is 11.3 Å². The average Bonchev–Trinajstić information content (AvgIpc) is 3.11. The van der Waals surface area contributed by atoms with Crippen molar-refractivity contribution in [2.75, 3.05) is 4.90 Å². The zero-order valence-electron chi connectivity index (χ0n) is 16.0. The number of thiazole rings is 1. The summed E-state index contributed by atoms with van der Waals surface area (Å²) in [6.07, 6.45) is 0.265. The van der Waals surface area contributed by atoms with E-state index in [1.54, 1.807) is 19.1 Å². The maximum Gasteiger partial charge on any atom is 0.339 e. The second kappa shape index (κ2) is 7.40. The molecule has 1 aliphatic rings. The highest BCUT2D eigenvalue weighted by atomic mass is 32.1. The first-order chi connectivity index (χ1) is 13.9. The van der Waals surface area contributed by atoms with Crippen molar-refractivity contribution in [3.63, 3.8) is 0 Å². The van der Waals surface area contributed by atoms with Gasteiger partial charge in [-0.1, -0.05) is 18.2 Å². The molecule has 1 aromatic heterocycles. The van der Waals surface area contributed by atoms with Gasteiger partial charge in [-0.15, -0.1) is 11.3 Å². The number of hydrogen-bond acceptors (Lipinski definition) is 5. The van der Waals surface area contributed by atoms with Gasteiger partial charge in [-0.25, -0.2) is 14.2 Å². The van der Waals surface area contributed by atoms with Gasteiger partial charge in [-0.2, -0.15) is 0 Å². The largest absolute Gasteiger partial charge is 0.445 e. The third kappa shape index (κ3) is 3.78. The van der Waals surface area contributed by atoms with Crippen molar-refractivity contribution < 1.29 is 18.7 Å². The van der Waals surface area contributed by atoms with E-state index in [4.69, 9.17) is 4.74 Å². The summed E-state index contributed by atoms with van der Waals surface area (Å²) in [6.45, 7) is 3.70. The smallest absolute Gasteiger partial charge is 0.339 e. The fourth-order valence-electron chi connectivity index (χ4n) is 3.48. The molecule has 1 unspecified atom stereocenters. The molecule has 1 atom stereocenters. The third-order valence-electron chi connectivity index (χ3n) is 4.91. The molecule has 0 spiro atoms. The van der Waals surface area contributed by atoms with E-state index >= 15 is 0 Å². The quantitative estimate of drug-likeness (QED) is 0.602. The molecule has 0 N–H and O–H groups in total. The monoisotopic (exact) mass is 410 g/mol. The van der Waals surface area contributed by atoms with E-state index in [-0.39, 0.29) is 18.9 Å². The summed E-state index contributed by atoms with van der Waals surface area (Å²) >= 11 is 1.49. The van der Waals surface area contributed by atoms with Gasteiger partial charge in [0.1, 0.15) is 5.82 Å². The zero-order chi connectivity index (χ0) is 20.6. The van der Waals surface area contributed by atoms with Gasteiger partial charge in [0, 0.05) is 17.5 Å². The fourth-order valence-corrected chi connectivity index (χ4v) is 4.09. The number of esters is 1. The Hall–Kier alpha value is -3.06. The topological polar surface area (TPSA) is 59.5 Å². The van der Waals surface area contributed by atoms with E-state index in [1.165, 1.54) is 40.5 Å². The normalized spacial score (nSPS) is 18.1. The molecule has 0 saturated carbocycles. The highest BCUT2D eigenvalue weighted by Gasteiger charge is 2.45. The van der Waals surface area contributed by atoms with Crippen LogP contribution in [0.1, 0.15) is 33.5 Å². The molecule has 1 amide bonds. The molecular formula is C22H19FN2O3S. The molecule has 0 saturated heterocycles. The molecule has 29 heavy (non-hydrogen) atoms. The Balaban J connectivity index is 1.71. The standard InChI is InChI=1S/C22H19FN2O3S/c1-14-24-17(13-29-14)12-25(18-9-7-16(23)8-10-18)21(27)22(2)11-15-5-3-4-6-19(15)20(26)28-22/h3-10,13H,11-12H2,1-2H3. The number of hydrogen-bond donors (Lipinski definition) is 0. The summed E-state index contributed by atoms with van der Waals surface area (Å²) in [5, 5.41) is 2.76. The number of aromatic nitrogens is 1. The van der Waals surface area contributed by atoms with Crippen LogP contribution in [0.4, 0.5) is 10.1 Å². The molecule has 0 radical (unpaired) electrons. The van der Waals surface area contributed by atoms with Crippen molar-refractivity contribution in [3.8, 4) is 0 Å². The first-order valence-electron chi connectivity index (χ1n) is 9.15. The Morgan fingerprint density at radius 3 is 2.66 bits per heavy atom. The molecule has 5 nitrogen and oxygen atoms in total. The van der Waals surface area contributed by atoms with Crippen molar-refractivity contribution in [2.24, 2.45) is 0 Å². The number of aryl methyl sites for hydroxylation is 1. The average molecular weight is 410 g/mol. The molecule has 0 fully saturated rings. The predicted octanol–water partition coefficient (Wildman–Crippen LogP) is 4.30. The van der Waals surface area contributed by atoms with E-state index in [1.807, 2.05) is 24.4 Å². The molecule has 2 aromatic carbocycles. The van der Waals surface area contributed by atoms with Crippen LogP contribution in [0.15, 0.2) is 53.9 Å². The lowest BCUT2D eigenvalue weighted by Crippen LogP contribution is -2.53. The van der Waals surface area contributed by atoms with Crippen molar-refractivity contribution in [1.29, 1.82) is 0 Å². The summed E-state index contributed by atoms with van der Waals surface area (Å²) in [4.78, 5) is 32.1. The van der Waals surface area contributed by atoms with Crippen LogP contribution in [0.25, 0.3) is 0 Å². The molecule has 0 bridgehead atoms. The van der Waals surface area contributed by atoms with Crippen molar-refractivity contribution in [1.82, 2.24) is 4.98 Å². The van der Waals surface area contributed by atoms with Gasteiger partial charge in [0.05, 0.1) is 22.8 Å². The second-order valence-electron chi connectivity index (χ2n) is 7.18. The molecule has 3 aromatic rings. The van der Waals surface area contributed by atoms with Gasteiger partial charge in [0.15, 0.2) is 5.60 Å². The SMILES string of the molecule is Cc1nc(CN(C(=O)C2(C)Cc3ccccc3C(=O)O2)c2ccc(F)cc2)cs1. The fraction of sp³-hybridized carbons (Fsp3) is 0.227. The Labute approximate surface area is 171 Å². The number of nitrogens with zero attached hydrogens (tertiary/aromatic N) is 2. The van der Waals surface area contributed by atoms with E-state index < -0.39 is 17.4 Å². The number of halogens is 1. The Morgan fingerprint density at radius 2 is 1.97 bits per heavy atom. The number of rotatable bonds is 4. The van der Waals surface area contributed by atoms with E-state index in [9.17, 15) is 14.0 Å². The summed E-state index contributed by atoms with van der Waals surface area (Å²) in [5.41, 5.74) is 1.10. The number of fused-ring (bicyclic) bond motifs is 1. The first kappa shape index (κ1) is 19.3. The van der Waals surface area contributed by atoms with Crippen LogP contribution in [0.3, 0.4) is 0 Å². The van der Waals surface area contributed by atoms with Crippen LogP contribution in [0.5, 0.6) is 0 Å². The molecule has 0 aliphatic carbocycles. The number of anilines is 1. The number of carbonyl (C=O) groups excluding carboxylic acids is 2. The van der Waals surface area contributed by atoms with Crippen LogP contribution >= 0.6 is 11.3 Å². The zero-order valence-corrected chi connectivity index (χ0v) is 16.8. The minimum Gasteiger partial charge on any atom is -0.445 e. The van der Waals surface area contributed by atoms with Gasteiger partial charge < -0.3 is 9.64 Å². The van der Waals surface area contributed by atoms with Crippen LogP contribution < -0.4 is 4.90 Å². The summed E-state index contributed by atoms with van der Waals surface area (Å²) in [6, 6.07) is 12.8. The minimum absolute atomic E-state index is 0.198. The van der Waals surface area contributed by atoms with Crippen LogP contribution in [0.2, 0.25) is 0 Å². The van der Waals surface area contributed by atoms with Crippen LogP contribution in [0, 0.1) is 12.7 Å². The molecule has 4 rings (SSSR count). The number of ether oxygens (including phenoxy) is 1. The summed E-state index contributed by atoms with van der Waals surface area (Å²) in [5.74, 6) is -1.29. The van der Waals surface area contributed by atoms with Crippen molar-refractivity contribution >= 4 is 28.9 Å². The maximum absolute atomic E-state index is 13.6. The molecule has 1 aliphatic heterocycles. The van der Waals surface area contributed by atoms with Gasteiger partial charge in [0.25, 0.3) is 5.91 Å². The lowest BCUT2D eigenvalue weighted by Gasteiger charge is -2.37. The highest BCUT2D eigenvalue weighted by molar-refractivity contribution is 7.09. The molecule has 7 heteroatoms. The number of benzene rings is 2. The van der Waals surface area contributed by atoms with Crippen molar-refractivity contribution in [2.45, 2.75) is 32.4 Å². The van der Waals surface area contributed by atoms with Gasteiger partial charge in [-0.05, 0) is 49.7 Å². The molecule has 148 valence electrons. The lowest BCUT2D eigenvalue weighted by atomic mass is 9.88. The molecule has 2 heterocycles. The minimum atomic E-state index is -1.37. The number of cyclic esters (lactones) is 1. The lowest BCUT2D eigenvalue weighted by molar-refractivity contribution is -0.137. The predicted molar refractivity (Wildman–Crippen MR) is 108 cm³/mol. The number of amides is 1.